The second-order valence-electron chi connectivity index (χ2n) is 6.51. The Labute approximate surface area is 170 Å². The van der Waals surface area contributed by atoms with Gasteiger partial charge in [0.1, 0.15) is 17.4 Å². The minimum atomic E-state index is -0.339. The van der Waals surface area contributed by atoms with E-state index in [4.69, 9.17) is 4.74 Å². The van der Waals surface area contributed by atoms with Gasteiger partial charge in [-0.1, -0.05) is 32.3 Å². The molecule has 1 N–H and O–H groups in total. The zero-order chi connectivity index (χ0) is 20.5. The second-order valence-corrected chi connectivity index (χ2v) is 6.51. The van der Waals surface area contributed by atoms with Crippen molar-refractivity contribution in [2.45, 2.75) is 32.6 Å². The number of aromatic nitrogens is 3. The molecule has 1 aromatic carbocycles. The summed E-state index contributed by atoms with van der Waals surface area (Å²) in [4.78, 5) is 16.9. The lowest BCUT2D eigenvalue weighted by molar-refractivity contribution is 0.102. The first-order chi connectivity index (χ1) is 14.2. The van der Waals surface area contributed by atoms with E-state index >= 15 is 0 Å². The molecule has 0 unspecified atom stereocenters. The standard InChI is InChI=1S/C22H23N5O2/c1-2-3-4-7-14-29-19-11-9-17(10-12-19)22(28)26-21-18(15-23)16-25-27(21)20-8-5-6-13-24-20/h5-6,8-13,16H,2-4,7,14H2,1H3,(H,26,28). The minimum Gasteiger partial charge on any atom is -0.494 e. The molecule has 7 heteroatoms. The SMILES string of the molecule is CCCCCCOc1ccc(C(=O)Nc2c(C#N)cnn2-c2ccccn2)cc1. The predicted octanol–water partition coefficient (Wildman–Crippen LogP) is 4.35. The van der Waals surface area contributed by atoms with E-state index in [9.17, 15) is 10.1 Å². The third-order valence-corrected chi connectivity index (χ3v) is 4.37. The van der Waals surface area contributed by atoms with E-state index in [-0.39, 0.29) is 17.3 Å². The molecule has 0 fully saturated rings. The molecule has 0 saturated carbocycles. The summed E-state index contributed by atoms with van der Waals surface area (Å²) in [6.45, 7) is 2.84. The van der Waals surface area contributed by atoms with Crippen molar-refractivity contribution in [3.63, 3.8) is 0 Å². The van der Waals surface area contributed by atoms with Crippen molar-refractivity contribution in [1.29, 1.82) is 5.26 Å². The average molecular weight is 389 g/mol. The molecule has 148 valence electrons. The number of nitrogens with one attached hydrogen (secondary N) is 1. The topological polar surface area (TPSA) is 92.8 Å². The van der Waals surface area contributed by atoms with Gasteiger partial charge in [-0.3, -0.25) is 4.79 Å². The Balaban J connectivity index is 1.68. The second kappa shape index (κ2) is 10.0. The van der Waals surface area contributed by atoms with Gasteiger partial charge in [0.25, 0.3) is 5.91 Å². The van der Waals surface area contributed by atoms with Gasteiger partial charge in [-0.15, -0.1) is 0 Å². The summed E-state index contributed by atoms with van der Waals surface area (Å²) in [6.07, 6.45) is 7.60. The van der Waals surface area contributed by atoms with Gasteiger partial charge in [0, 0.05) is 11.8 Å². The maximum absolute atomic E-state index is 12.7. The first-order valence-electron chi connectivity index (χ1n) is 9.66. The molecular formula is C22H23N5O2. The van der Waals surface area contributed by atoms with Crippen LogP contribution in [-0.2, 0) is 0 Å². The van der Waals surface area contributed by atoms with Crippen LogP contribution in [0, 0.1) is 11.3 Å². The smallest absolute Gasteiger partial charge is 0.256 e. The van der Waals surface area contributed by atoms with Crippen LogP contribution in [-0.4, -0.2) is 27.3 Å². The summed E-state index contributed by atoms with van der Waals surface area (Å²) >= 11 is 0. The average Bonchev–Trinajstić information content (AvgIpc) is 3.17. The van der Waals surface area contributed by atoms with Crippen molar-refractivity contribution < 1.29 is 9.53 Å². The Kier molecular flexibility index (Phi) is 6.95. The van der Waals surface area contributed by atoms with E-state index < -0.39 is 0 Å². The van der Waals surface area contributed by atoms with Crippen molar-refractivity contribution in [2.75, 3.05) is 11.9 Å². The number of pyridine rings is 1. The largest absolute Gasteiger partial charge is 0.494 e. The quantitative estimate of drug-likeness (QED) is 0.549. The van der Waals surface area contributed by atoms with Crippen LogP contribution in [0.15, 0.2) is 54.9 Å². The monoisotopic (exact) mass is 389 g/mol. The number of hydrogen-bond donors (Lipinski definition) is 1. The summed E-state index contributed by atoms with van der Waals surface area (Å²) in [5.74, 6) is 1.19. The normalized spacial score (nSPS) is 10.3. The van der Waals surface area contributed by atoms with Gasteiger partial charge in [0.2, 0.25) is 0 Å². The van der Waals surface area contributed by atoms with E-state index in [1.807, 2.05) is 12.1 Å². The van der Waals surface area contributed by atoms with Gasteiger partial charge in [0.05, 0.1) is 12.8 Å². The molecule has 0 spiro atoms. The maximum Gasteiger partial charge on any atom is 0.256 e. The van der Waals surface area contributed by atoms with Crippen LogP contribution in [0.5, 0.6) is 5.75 Å². The third-order valence-electron chi connectivity index (χ3n) is 4.37. The molecule has 3 aromatic rings. The molecule has 0 atom stereocenters. The number of nitriles is 1. The Morgan fingerprint density at radius 1 is 1.17 bits per heavy atom. The Bertz CT molecular complexity index is 975. The number of benzene rings is 1. The fourth-order valence-corrected chi connectivity index (χ4v) is 2.80. The maximum atomic E-state index is 12.7. The number of rotatable bonds is 9. The van der Waals surface area contributed by atoms with Crippen LogP contribution in [0.2, 0.25) is 0 Å². The van der Waals surface area contributed by atoms with Gasteiger partial charge in [-0.25, -0.2) is 4.98 Å². The summed E-state index contributed by atoms with van der Waals surface area (Å²) in [5, 5.41) is 16.3. The van der Waals surface area contributed by atoms with Crippen molar-refractivity contribution >= 4 is 11.7 Å². The number of unbranched alkanes of at least 4 members (excludes halogenated alkanes) is 3. The van der Waals surface area contributed by atoms with Crippen LogP contribution in [0.4, 0.5) is 5.82 Å². The highest BCUT2D eigenvalue weighted by Crippen LogP contribution is 2.20. The number of carbonyl (C=O) groups excluding carboxylic acids is 1. The highest BCUT2D eigenvalue weighted by atomic mass is 16.5. The van der Waals surface area contributed by atoms with Gasteiger partial charge in [-0.2, -0.15) is 15.0 Å². The lowest BCUT2D eigenvalue weighted by Gasteiger charge is -2.10. The third kappa shape index (κ3) is 5.20. The highest BCUT2D eigenvalue weighted by molar-refractivity contribution is 6.04. The summed E-state index contributed by atoms with van der Waals surface area (Å²) in [7, 11) is 0. The first kappa shape index (κ1) is 20.1. The van der Waals surface area contributed by atoms with Crippen molar-refractivity contribution in [3.8, 4) is 17.6 Å². The molecule has 0 radical (unpaired) electrons. The molecule has 0 aliphatic rings. The summed E-state index contributed by atoms with van der Waals surface area (Å²) in [6, 6.07) is 14.3. The first-order valence-corrected chi connectivity index (χ1v) is 9.66. The zero-order valence-electron chi connectivity index (χ0n) is 16.3. The fourth-order valence-electron chi connectivity index (χ4n) is 2.80. The number of hydrogen-bond acceptors (Lipinski definition) is 5. The molecule has 0 saturated heterocycles. The van der Waals surface area contributed by atoms with Crippen LogP contribution in [0.25, 0.3) is 5.82 Å². The number of ether oxygens (including phenoxy) is 1. The minimum absolute atomic E-state index is 0.260. The van der Waals surface area contributed by atoms with Gasteiger partial charge >= 0.3 is 0 Å². The van der Waals surface area contributed by atoms with Crippen LogP contribution in [0.1, 0.15) is 48.5 Å². The Morgan fingerprint density at radius 3 is 2.69 bits per heavy atom. The molecule has 2 heterocycles. The molecule has 29 heavy (non-hydrogen) atoms. The van der Waals surface area contributed by atoms with Crippen molar-refractivity contribution in [1.82, 2.24) is 14.8 Å². The molecule has 2 aromatic heterocycles. The van der Waals surface area contributed by atoms with E-state index in [1.165, 1.54) is 23.7 Å². The lowest BCUT2D eigenvalue weighted by Crippen LogP contribution is -2.16. The molecule has 1 amide bonds. The predicted molar refractivity (Wildman–Crippen MR) is 110 cm³/mol. The highest BCUT2D eigenvalue weighted by Gasteiger charge is 2.16. The van der Waals surface area contributed by atoms with Gasteiger partial charge in [0.15, 0.2) is 11.6 Å². The van der Waals surface area contributed by atoms with Gasteiger partial charge < -0.3 is 10.1 Å². The Morgan fingerprint density at radius 2 is 2.00 bits per heavy atom. The van der Waals surface area contributed by atoms with Crippen LogP contribution in [0.3, 0.4) is 0 Å². The zero-order valence-corrected chi connectivity index (χ0v) is 16.3. The van der Waals surface area contributed by atoms with Crippen LogP contribution >= 0.6 is 0 Å². The van der Waals surface area contributed by atoms with E-state index in [0.29, 0.717) is 18.0 Å². The molecule has 0 aliphatic carbocycles. The number of anilines is 1. The van der Waals surface area contributed by atoms with Crippen LogP contribution < -0.4 is 10.1 Å². The van der Waals surface area contributed by atoms with E-state index in [2.05, 4.69) is 22.3 Å². The van der Waals surface area contributed by atoms with Crippen molar-refractivity contribution in [3.05, 3.63) is 66.0 Å². The van der Waals surface area contributed by atoms with Gasteiger partial charge in [-0.05, 0) is 42.8 Å². The van der Waals surface area contributed by atoms with E-state index in [0.717, 1.165) is 18.6 Å². The molecule has 7 nitrogen and oxygen atoms in total. The van der Waals surface area contributed by atoms with Crippen molar-refractivity contribution in [2.24, 2.45) is 0 Å². The summed E-state index contributed by atoms with van der Waals surface area (Å²) in [5.41, 5.74) is 0.719. The molecular weight excluding hydrogens is 366 g/mol. The molecule has 3 rings (SSSR count). The van der Waals surface area contributed by atoms with E-state index in [1.54, 1.807) is 42.6 Å². The lowest BCUT2D eigenvalue weighted by atomic mass is 10.2. The molecule has 0 bridgehead atoms. The molecule has 0 aliphatic heterocycles. The summed E-state index contributed by atoms with van der Waals surface area (Å²) < 4.78 is 7.14. The number of nitrogens with zero attached hydrogens (tertiary/aromatic N) is 4. The number of carbonyl (C=O) groups is 1. The fraction of sp³-hybridized carbons (Fsp3) is 0.273. The Hall–Kier alpha value is -3.66. The number of amides is 1.